The van der Waals surface area contributed by atoms with Gasteiger partial charge in [-0.25, -0.2) is 14.9 Å². The van der Waals surface area contributed by atoms with Crippen molar-refractivity contribution in [3.63, 3.8) is 0 Å². The summed E-state index contributed by atoms with van der Waals surface area (Å²) < 4.78 is 5.47. The Morgan fingerprint density at radius 1 is 1.21 bits per heavy atom. The van der Waals surface area contributed by atoms with Crippen LogP contribution in [0.4, 0.5) is 0 Å². The molecule has 0 saturated carbocycles. The summed E-state index contributed by atoms with van der Waals surface area (Å²) in [5.41, 5.74) is 13.5. The molecule has 1 aliphatic rings. The Bertz CT molecular complexity index is 1050. The van der Waals surface area contributed by atoms with Gasteiger partial charge in [-0.05, 0) is 6.42 Å². The van der Waals surface area contributed by atoms with E-state index in [4.69, 9.17) is 21.9 Å². The topological polar surface area (TPSA) is 293 Å². The van der Waals surface area contributed by atoms with Gasteiger partial charge in [-0.3, -0.25) is 29.4 Å². The minimum atomic E-state index is -1.57. The number of aromatic amines is 2. The smallest absolute Gasteiger partial charge is 0.325 e. The van der Waals surface area contributed by atoms with E-state index < -0.39 is 78.5 Å². The number of aliphatic imine (C=N–C) groups is 1. The molecule has 3 amide bonds. The van der Waals surface area contributed by atoms with Crippen LogP contribution in [0.1, 0.15) is 24.5 Å². The van der Waals surface area contributed by atoms with Gasteiger partial charge in [-0.15, -0.1) is 0 Å². The number of aromatic nitrogens is 2. The van der Waals surface area contributed by atoms with Gasteiger partial charge in [0.1, 0.15) is 37.0 Å². The van der Waals surface area contributed by atoms with Crippen molar-refractivity contribution in [2.24, 2.45) is 22.2 Å². The number of H-pyrrole nitrogens is 2. The fourth-order valence-electron chi connectivity index (χ4n) is 3.17. The van der Waals surface area contributed by atoms with Crippen LogP contribution in [0.3, 0.4) is 0 Å². The molecule has 188 valence electrons. The number of carbonyl (C=O) groups is 3. The zero-order chi connectivity index (χ0) is 25.6. The summed E-state index contributed by atoms with van der Waals surface area (Å²) in [5, 5.41) is 33.0. The molecule has 1 fully saturated rings. The highest BCUT2D eigenvalue weighted by Gasteiger charge is 2.44. The summed E-state index contributed by atoms with van der Waals surface area (Å²) in [7, 11) is 0. The number of nitrogens with two attached hydrogens (primary N) is 3. The Hall–Kier alpha value is -3.80. The SMILES string of the molecule is NC(=O)CCC(C(=O)NCC1OC(c2c[nH]c(=O)[nH]c2=O)C(O)C1O)N(O)C(=O)CN=C(N)N. The van der Waals surface area contributed by atoms with Crippen LogP contribution in [0.2, 0.25) is 0 Å². The number of rotatable bonds is 10. The minimum Gasteiger partial charge on any atom is -0.388 e. The highest BCUT2D eigenvalue weighted by molar-refractivity contribution is 5.89. The molecule has 0 bridgehead atoms. The predicted molar refractivity (Wildman–Crippen MR) is 112 cm³/mol. The normalized spacial score (nSPS) is 22.6. The third kappa shape index (κ3) is 6.61. The maximum absolute atomic E-state index is 12.6. The van der Waals surface area contributed by atoms with Gasteiger partial charge in [0.25, 0.3) is 11.5 Å². The van der Waals surface area contributed by atoms with Gasteiger partial charge in [-0.1, -0.05) is 0 Å². The Labute approximate surface area is 190 Å². The number of hydrogen-bond acceptors (Lipinski definition) is 10. The largest absolute Gasteiger partial charge is 0.388 e. The molecule has 1 saturated heterocycles. The number of primary amides is 1. The van der Waals surface area contributed by atoms with Crippen LogP contribution >= 0.6 is 0 Å². The van der Waals surface area contributed by atoms with Crippen molar-refractivity contribution >= 4 is 23.7 Å². The number of hydrogen-bond donors (Lipinski definition) is 9. The third-order valence-corrected chi connectivity index (χ3v) is 4.91. The lowest BCUT2D eigenvalue weighted by molar-refractivity contribution is -0.179. The number of nitrogens with zero attached hydrogens (tertiary/aromatic N) is 2. The first kappa shape index (κ1) is 26.5. The molecule has 1 aromatic rings. The first-order chi connectivity index (χ1) is 15.9. The molecule has 5 unspecified atom stereocenters. The van der Waals surface area contributed by atoms with Crippen molar-refractivity contribution in [3.05, 3.63) is 32.6 Å². The Kier molecular flexibility index (Phi) is 8.84. The molecule has 2 rings (SSSR count). The van der Waals surface area contributed by atoms with Crippen LogP contribution in [0, 0.1) is 0 Å². The number of amides is 3. The van der Waals surface area contributed by atoms with Crippen LogP contribution in [-0.2, 0) is 19.1 Å². The molecule has 2 heterocycles. The fraction of sp³-hybridized carbons (Fsp3) is 0.529. The highest BCUT2D eigenvalue weighted by Crippen LogP contribution is 2.31. The molecule has 0 aliphatic carbocycles. The van der Waals surface area contributed by atoms with Crippen molar-refractivity contribution in [3.8, 4) is 0 Å². The molecule has 1 aromatic heterocycles. The molecule has 0 spiro atoms. The quantitative estimate of drug-likeness (QED) is 0.0650. The fourth-order valence-corrected chi connectivity index (χ4v) is 3.17. The van der Waals surface area contributed by atoms with Gasteiger partial charge >= 0.3 is 5.69 Å². The van der Waals surface area contributed by atoms with Gasteiger partial charge in [0, 0.05) is 19.2 Å². The molecule has 17 nitrogen and oxygen atoms in total. The monoisotopic (exact) mass is 486 g/mol. The predicted octanol–water partition coefficient (Wildman–Crippen LogP) is -5.53. The molecular formula is C17H26N8O9. The lowest BCUT2D eigenvalue weighted by Gasteiger charge is -2.25. The number of guanidine groups is 1. The molecular weight excluding hydrogens is 460 g/mol. The van der Waals surface area contributed by atoms with E-state index in [1.165, 1.54) is 0 Å². The van der Waals surface area contributed by atoms with E-state index in [2.05, 4.69) is 15.3 Å². The van der Waals surface area contributed by atoms with E-state index in [1.807, 2.05) is 4.98 Å². The number of aliphatic hydroxyl groups is 2. The summed E-state index contributed by atoms with van der Waals surface area (Å²) in [5.74, 6) is -3.23. The van der Waals surface area contributed by atoms with Crippen molar-refractivity contribution in [2.45, 2.75) is 43.3 Å². The van der Waals surface area contributed by atoms with Crippen LogP contribution in [0.15, 0.2) is 20.8 Å². The van der Waals surface area contributed by atoms with E-state index in [-0.39, 0.29) is 23.5 Å². The third-order valence-electron chi connectivity index (χ3n) is 4.91. The van der Waals surface area contributed by atoms with Gasteiger partial charge in [0.15, 0.2) is 5.96 Å². The summed E-state index contributed by atoms with van der Waals surface area (Å²) >= 11 is 0. The Morgan fingerprint density at radius 2 is 1.88 bits per heavy atom. The first-order valence-electron chi connectivity index (χ1n) is 9.88. The highest BCUT2D eigenvalue weighted by atomic mass is 16.5. The van der Waals surface area contributed by atoms with Crippen LogP contribution in [0.25, 0.3) is 0 Å². The van der Waals surface area contributed by atoms with Crippen molar-refractivity contribution in [2.75, 3.05) is 13.1 Å². The second-order valence-electron chi connectivity index (χ2n) is 7.35. The van der Waals surface area contributed by atoms with Gasteiger partial charge in [0.05, 0.1) is 5.56 Å². The van der Waals surface area contributed by atoms with E-state index in [0.717, 1.165) is 6.20 Å². The molecule has 12 N–H and O–H groups in total. The van der Waals surface area contributed by atoms with Crippen molar-refractivity contribution < 1.29 is 34.5 Å². The number of aliphatic hydroxyl groups excluding tert-OH is 2. The maximum Gasteiger partial charge on any atom is 0.325 e. The van der Waals surface area contributed by atoms with Crippen molar-refractivity contribution in [1.29, 1.82) is 0 Å². The second kappa shape index (κ2) is 11.4. The summed E-state index contributed by atoms with van der Waals surface area (Å²) in [6.07, 6.45) is -5.34. The van der Waals surface area contributed by atoms with Gasteiger partial charge in [0.2, 0.25) is 11.8 Å². The lowest BCUT2D eigenvalue weighted by Crippen LogP contribution is -2.51. The van der Waals surface area contributed by atoms with Gasteiger partial charge in [-0.2, -0.15) is 0 Å². The number of carbonyl (C=O) groups excluding carboxylic acids is 3. The zero-order valence-corrected chi connectivity index (χ0v) is 17.7. The van der Waals surface area contributed by atoms with Crippen LogP contribution < -0.4 is 33.8 Å². The zero-order valence-electron chi connectivity index (χ0n) is 17.7. The lowest BCUT2D eigenvalue weighted by atomic mass is 10.0. The minimum absolute atomic E-state index is 0.0498. The van der Waals surface area contributed by atoms with Crippen LogP contribution in [0.5, 0.6) is 0 Å². The van der Waals surface area contributed by atoms with Crippen LogP contribution in [-0.4, -0.2) is 91.6 Å². The summed E-state index contributed by atoms with van der Waals surface area (Å²) in [4.78, 5) is 66.5. The van der Waals surface area contributed by atoms with Gasteiger partial charge < -0.3 is 42.5 Å². The first-order valence-corrected chi connectivity index (χ1v) is 9.88. The van der Waals surface area contributed by atoms with E-state index in [1.54, 1.807) is 0 Å². The Balaban J connectivity index is 2.09. The molecule has 34 heavy (non-hydrogen) atoms. The summed E-state index contributed by atoms with van der Waals surface area (Å²) in [6, 6.07) is -1.57. The molecule has 17 heteroatoms. The number of ether oxygens (including phenoxy) is 1. The van der Waals surface area contributed by atoms with E-state index in [9.17, 15) is 39.4 Å². The molecule has 0 radical (unpaired) electrons. The standard InChI is InChI=1S/C17H26N8O9/c18-9(26)2-1-7(25(33)10(27)5-22-16(19)20)15(31)21-4-8-11(28)12(29)13(34-8)6-3-23-17(32)24-14(6)30/h3,7-8,11-13,28-29,33H,1-2,4-5H2,(H2,18,26)(H,21,31)(H4,19,20,22)(H2,23,24,30,32). The van der Waals surface area contributed by atoms with E-state index in [0.29, 0.717) is 0 Å². The molecule has 5 atom stereocenters. The second-order valence-corrected chi connectivity index (χ2v) is 7.35. The Morgan fingerprint density at radius 3 is 2.47 bits per heavy atom. The maximum atomic E-state index is 12.6. The van der Waals surface area contributed by atoms with Crippen molar-refractivity contribution in [1.82, 2.24) is 20.3 Å². The molecule has 0 aromatic carbocycles. The number of hydroxylamine groups is 2. The average molecular weight is 486 g/mol. The van der Waals surface area contributed by atoms with E-state index >= 15 is 0 Å². The molecule has 1 aliphatic heterocycles. The summed E-state index contributed by atoms with van der Waals surface area (Å²) in [6.45, 7) is -1.09. The number of nitrogens with one attached hydrogen (secondary N) is 3. The average Bonchev–Trinajstić information content (AvgIpc) is 3.04.